The fraction of sp³-hybridized carbons (Fsp3) is 0.250. The third-order valence-electron chi connectivity index (χ3n) is 6.20. The Hall–Kier alpha value is -3.12. The van der Waals surface area contributed by atoms with E-state index in [2.05, 4.69) is 40.6 Å². The lowest BCUT2D eigenvalue weighted by Crippen LogP contribution is -2.35. The zero-order chi connectivity index (χ0) is 20.1. The van der Waals surface area contributed by atoms with Gasteiger partial charge < -0.3 is 15.2 Å². The number of thiazole rings is 1. The van der Waals surface area contributed by atoms with Crippen LogP contribution in [0.5, 0.6) is 0 Å². The van der Waals surface area contributed by atoms with E-state index >= 15 is 0 Å². The highest BCUT2D eigenvalue weighted by Gasteiger charge is 2.45. The average Bonchev–Trinajstić information content (AvgIpc) is 3.26. The lowest BCUT2D eigenvalue weighted by molar-refractivity contribution is 0.0731. The maximum absolute atomic E-state index is 13.1. The number of anilines is 1. The summed E-state index contributed by atoms with van der Waals surface area (Å²) < 4.78 is 0. The number of aromatic nitrogens is 2. The molecule has 6 rings (SSSR count). The molecule has 1 amide bonds. The first-order valence-corrected chi connectivity index (χ1v) is 11.2. The molecule has 2 aliphatic rings. The second kappa shape index (κ2) is 6.71. The summed E-state index contributed by atoms with van der Waals surface area (Å²) in [4.78, 5) is 24.3. The fourth-order valence-electron chi connectivity index (χ4n) is 4.35. The maximum Gasteiger partial charge on any atom is 0.270 e. The molecule has 2 aromatic carbocycles. The molecule has 0 bridgehead atoms. The van der Waals surface area contributed by atoms with Gasteiger partial charge in [0.25, 0.3) is 5.91 Å². The van der Waals surface area contributed by atoms with Gasteiger partial charge in [-0.15, -0.1) is 0 Å². The summed E-state index contributed by atoms with van der Waals surface area (Å²) in [6, 6.07) is 20.6. The SMILES string of the molecule is O=C(c1cc2ccccc2[nH]1)N1CCc2nc(NC3(c4ccccc4)CC3)sc2C1. The summed E-state index contributed by atoms with van der Waals surface area (Å²) >= 11 is 1.69. The van der Waals surface area contributed by atoms with E-state index in [1.807, 2.05) is 35.2 Å². The third kappa shape index (κ3) is 2.99. The first-order valence-electron chi connectivity index (χ1n) is 10.4. The predicted molar refractivity (Wildman–Crippen MR) is 120 cm³/mol. The van der Waals surface area contributed by atoms with Gasteiger partial charge in [0.1, 0.15) is 5.69 Å². The van der Waals surface area contributed by atoms with Crippen molar-refractivity contribution in [2.24, 2.45) is 0 Å². The van der Waals surface area contributed by atoms with Gasteiger partial charge in [-0.2, -0.15) is 0 Å². The maximum atomic E-state index is 13.1. The van der Waals surface area contributed by atoms with Gasteiger partial charge in [0.15, 0.2) is 5.13 Å². The molecule has 2 aromatic heterocycles. The molecule has 30 heavy (non-hydrogen) atoms. The van der Waals surface area contributed by atoms with Crippen LogP contribution >= 0.6 is 11.3 Å². The monoisotopic (exact) mass is 414 g/mol. The Bertz CT molecular complexity index is 1210. The summed E-state index contributed by atoms with van der Waals surface area (Å²) in [6.45, 7) is 1.33. The van der Waals surface area contributed by atoms with Crippen molar-refractivity contribution in [2.75, 3.05) is 11.9 Å². The van der Waals surface area contributed by atoms with Crippen LogP contribution in [0.25, 0.3) is 10.9 Å². The van der Waals surface area contributed by atoms with Gasteiger partial charge >= 0.3 is 0 Å². The van der Waals surface area contributed by atoms with E-state index in [0.29, 0.717) is 18.8 Å². The number of fused-ring (bicyclic) bond motifs is 2. The highest BCUT2D eigenvalue weighted by atomic mass is 32.1. The minimum absolute atomic E-state index is 0.0293. The van der Waals surface area contributed by atoms with Crippen molar-refractivity contribution in [3.8, 4) is 0 Å². The lowest BCUT2D eigenvalue weighted by Gasteiger charge is -2.25. The number of carbonyl (C=O) groups excluding carboxylic acids is 1. The Morgan fingerprint density at radius 2 is 1.90 bits per heavy atom. The Morgan fingerprint density at radius 3 is 2.70 bits per heavy atom. The number of benzene rings is 2. The number of rotatable bonds is 4. The van der Waals surface area contributed by atoms with Crippen LogP contribution in [0.2, 0.25) is 0 Å². The van der Waals surface area contributed by atoms with Gasteiger partial charge in [-0.1, -0.05) is 59.9 Å². The molecule has 1 fully saturated rings. The van der Waals surface area contributed by atoms with E-state index in [9.17, 15) is 4.79 Å². The number of amides is 1. The Morgan fingerprint density at radius 1 is 1.10 bits per heavy atom. The molecule has 1 aliphatic heterocycles. The zero-order valence-electron chi connectivity index (χ0n) is 16.5. The van der Waals surface area contributed by atoms with E-state index in [0.717, 1.165) is 41.0 Å². The molecule has 0 unspecified atom stereocenters. The van der Waals surface area contributed by atoms with E-state index in [-0.39, 0.29) is 11.4 Å². The molecule has 2 N–H and O–H groups in total. The van der Waals surface area contributed by atoms with Crippen LogP contribution in [0.15, 0.2) is 60.7 Å². The van der Waals surface area contributed by atoms with Crippen molar-refractivity contribution < 1.29 is 4.79 Å². The summed E-state index contributed by atoms with van der Waals surface area (Å²) in [5.74, 6) is 0.0581. The molecule has 1 saturated carbocycles. The largest absolute Gasteiger partial charge is 0.352 e. The molecule has 0 spiro atoms. The first kappa shape index (κ1) is 17.7. The highest BCUT2D eigenvalue weighted by molar-refractivity contribution is 7.15. The second-order valence-electron chi connectivity index (χ2n) is 8.21. The summed E-state index contributed by atoms with van der Waals surface area (Å²) in [5, 5.41) is 5.74. The quantitative estimate of drug-likeness (QED) is 0.498. The number of aromatic amines is 1. The van der Waals surface area contributed by atoms with Crippen LogP contribution in [0.3, 0.4) is 0 Å². The van der Waals surface area contributed by atoms with E-state index in [1.165, 1.54) is 10.4 Å². The molecule has 0 atom stereocenters. The van der Waals surface area contributed by atoms with Gasteiger partial charge in [0, 0.05) is 28.7 Å². The number of carbonyl (C=O) groups is 1. The van der Waals surface area contributed by atoms with E-state index in [1.54, 1.807) is 11.3 Å². The van der Waals surface area contributed by atoms with Crippen molar-refractivity contribution in [1.82, 2.24) is 14.9 Å². The smallest absolute Gasteiger partial charge is 0.270 e. The Balaban J connectivity index is 1.21. The summed E-state index contributed by atoms with van der Waals surface area (Å²) in [6.07, 6.45) is 3.07. The van der Waals surface area contributed by atoms with Gasteiger partial charge in [0.2, 0.25) is 0 Å². The zero-order valence-corrected chi connectivity index (χ0v) is 17.3. The van der Waals surface area contributed by atoms with Crippen LogP contribution in [-0.2, 0) is 18.5 Å². The topological polar surface area (TPSA) is 61.0 Å². The summed E-state index contributed by atoms with van der Waals surface area (Å²) in [7, 11) is 0. The van der Waals surface area contributed by atoms with Crippen molar-refractivity contribution in [1.29, 1.82) is 0 Å². The first-order chi connectivity index (χ1) is 14.7. The van der Waals surface area contributed by atoms with Gasteiger partial charge in [-0.3, -0.25) is 4.79 Å². The van der Waals surface area contributed by atoms with Crippen molar-refractivity contribution in [3.63, 3.8) is 0 Å². The van der Waals surface area contributed by atoms with Gasteiger partial charge in [-0.25, -0.2) is 4.98 Å². The standard InChI is InChI=1S/C24H22N4OS/c29-22(20-14-16-6-4-5-9-18(16)25-20)28-13-10-19-21(15-28)30-23(26-19)27-24(11-12-24)17-7-2-1-3-8-17/h1-9,14,25H,10-13,15H2,(H,26,27). The summed E-state index contributed by atoms with van der Waals surface area (Å²) in [5.41, 5.74) is 4.14. The Labute approximate surface area is 178 Å². The van der Waals surface area contributed by atoms with Crippen molar-refractivity contribution in [2.45, 2.75) is 31.3 Å². The van der Waals surface area contributed by atoms with Crippen LogP contribution in [0, 0.1) is 0 Å². The number of H-pyrrole nitrogens is 1. The molecule has 1 aliphatic carbocycles. The van der Waals surface area contributed by atoms with Crippen molar-refractivity contribution >= 4 is 33.3 Å². The number of nitrogens with zero attached hydrogens (tertiary/aromatic N) is 2. The number of nitrogens with one attached hydrogen (secondary N) is 2. The predicted octanol–water partition coefficient (Wildman–Crippen LogP) is 4.92. The van der Waals surface area contributed by atoms with Gasteiger partial charge in [-0.05, 0) is 30.5 Å². The van der Waals surface area contributed by atoms with Crippen molar-refractivity contribution in [3.05, 3.63) is 82.5 Å². The van der Waals surface area contributed by atoms with Crippen LogP contribution < -0.4 is 5.32 Å². The van der Waals surface area contributed by atoms with Gasteiger partial charge in [0.05, 0.1) is 17.8 Å². The average molecular weight is 415 g/mol. The molecule has 150 valence electrons. The fourth-order valence-corrected chi connectivity index (χ4v) is 5.48. The molecule has 5 nitrogen and oxygen atoms in total. The normalized spacial score (nSPS) is 17.0. The van der Waals surface area contributed by atoms with Crippen LogP contribution in [0.4, 0.5) is 5.13 Å². The number of para-hydroxylation sites is 1. The molecule has 3 heterocycles. The minimum atomic E-state index is 0.0293. The number of hydrogen-bond donors (Lipinski definition) is 2. The van der Waals surface area contributed by atoms with Crippen LogP contribution in [-0.4, -0.2) is 27.3 Å². The lowest BCUT2D eigenvalue weighted by atomic mass is 10.1. The molecule has 0 radical (unpaired) electrons. The molecular weight excluding hydrogens is 392 g/mol. The van der Waals surface area contributed by atoms with E-state index in [4.69, 9.17) is 4.98 Å². The third-order valence-corrected chi connectivity index (χ3v) is 7.20. The number of hydrogen-bond acceptors (Lipinski definition) is 4. The molecular formula is C24H22N4OS. The minimum Gasteiger partial charge on any atom is -0.352 e. The molecule has 4 aromatic rings. The molecule has 6 heteroatoms. The molecule has 0 saturated heterocycles. The highest BCUT2D eigenvalue weighted by Crippen LogP contribution is 2.49. The van der Waals surface area contributed by atoms with Crippen LogP contribution in [0.1, 0.15) is 39.5 Å². The Kier molecular flexibility index (Phi) is 3.96. The second-order valence-corrected chi connectivity index (χ2v) is 9.29. The van der Waals surface area contributed by atoms with E-state index < -0.39 is 0 Å².